The van der Waals surface area contributed by atoms with E-state index in [2.05, 4.69) is 12.0 Å². The summed E-state index contributed by atoms with van der Waals surface area (Å²) in [6.07, 6.45) is 10.9. The molecular weight excluding hydrogens is 376 g/mol. The van der Waals surface area contributed by atoms with E-state index in [0.717, 1.165) is 49.8 Å². The summed E-state index contributed by atoms with van der Waals surface area (Å²) in [5.74, 6) is 3.83. The SMILES string of the molecule is CCCO[C@@H]1CC[C@H](c2nc(C3CCCC3)nn2-c2ccnn2C)C[C@H]1N.Cl. The van der Waals surface area contributed by atoms with Crippen molar-refractivity contribution in [1.29, 1.82) is 0 Å². The molecule has 2 fully saturated rings. The highest BCUT2D eigenvalue weighted by Crippen LogP contribution is 2.37. The molecule has 0 spiro atoms. The lowest BCUT2D eigenvalue weighted by Crippen LogP contribution is -2.42. The van der Waals surface area contributed by atoms with Crippen molar-refractivity contribution in [1.82, 2.24) is 24.5 Å². The fraction of sp³-hybridized carbons (Fsp3) is 0.750. The van der Waals surface area contributed by atoms with Crippen LogP contribution >= 0.6 is 12.4 Å². The first kappa shape index (κ1) is 21.3. The zero-order valence-corrected chi connectivity index (χ0v) is 17.8. The van der Waals surface area contributed by atoms with Crippen LogP contribution in [0, 0.1) is 0 Å². The summed E-state index contributed by atoms with van der Waals surface area (Å²) < 4.78 is 9.84. The Bertz CT molecular complexity index is 754. The van der Waals surface area contributed by atoms with E-state index in [1.807, 2.05) is 28.7 Å². The summed E-state index contributed by atoms with van der Waals surface area (Å²) in [6, 6.07) is 2.06. The topological polar surface area (TPSA) is 83.8 Å². The second kappa shape index (κ2) is 9.37. The van der Waals surface area contributed by atoms with Gasteiger partial charge >= 0.3 is 0 Å². The highest BCUT2D eigenvalue weighted by atomic mass is 35.5. The van der Waals surface area contributed by atoms with Crippen molar-refractivity contribution in [2.24, 2.45) is 12.8 Å². The number of nitrogens with zero attached hydrogens (tertiary/aromatic N) is 5. The van der Waals surface area contributed by atoms with Gasteiger partial charge in [0.2, 0.25) is 0 Å². The molecule has 0 aromatic carbocycles. The molecule has 2 aliphatic rings. The van der Waals surface area contributed by atoms with Crippen LogP contribution < -0.4 is 5.73 Å². The second-order valence-electron chi connectivity index (χ2n) is 8.12. The van der Waals surface area contributed by atoms with Gasteiger partial charge in [-0.15, -0.1) is 17.5 Å². The van der Waals surface area contributed by atoms with E-state index in [-0.39, 0.29) is 24.6 Å². The quantitative estimate of drug-likeness (QED) is 0.791. The normalized spacial score (nSPS) is 25.8. The summed E-state index contributed by atoms with van der Waals surface area (Å²) >= 11 is 0. The molecule has 4 rings (SSSR count). The number of rotatable bonds is 6. The van der Waals surface area contributed by atoms with E-state index in [1.54, 1.807) is 0 Å². The van der Waals surface area contributed by atoms with Gasteiger partial charge in [-0.2, -0.15) is 9.78 Å². The Hall–Kier alpha value is -1.44. The molecule has 2 aromatic rings. The van der Waals surface area contributed by atoms with Crippen molar-refractivity contribution >= 4 is 12.4 Å². The van der Waals surface area contributed by atoms with E-state index in [9.17, 15) is 0 Å². The molecule has 2 saturated carbocycles. The van der Waals surface area contributed by atoms with Crippen molar-refractivity contribution < 1.29 is 4.74 Å². The summed E-state index contributed by atoms with van der Waals surface area (Å²) in [4.78, 5) is 5.05. The van der Waals surface area contributed by atoms with Crippen LogP contribution in [0.4, 0.5) is 0 Å². The van der Waals surface area contributed by atoms with Crippen molar-refractivity contribution in [3.05, 3.63) is 23.9 Å². The van der Waals surface area contributed by atoms with Crippen molar-refractivity contribution in [3.63, 3.8) is 0 Å². The fourth-order valence-electron chi connectivity index (χ4n) is 4.59. The van der Waals surface area contributed by atoms with Crippen LogP contribution in [-0.4, -0.2) is 43.3 Å². The van der Waals surface area contributed by atoms with E-state index in [4.69, 9.17) is 20.6 Å². The van der Waals surface area contributed by atoms with E-state index in [1.165, 1.54) is 25.7 Å². The molecule has 0 unspecified atom stereocenters. The average Bonchev–Trinajstić information content (AvgIpc) is 3.40. The van der Waals surface area contributed by atoms with Crippen LogP contribution in [0.3, 0.4) is 0 Å². The highest BCUT2D eigenvalue weighted by Gasteiger charge is 2.34. The Morgan fingerprint density at radius 1 is 1.18 bits per heavy atom. The standard InChI is InChI=1S/C20H32N6O.ClH/c1-3-12-27-17-9-8-15(13-16(17)21)20-23-19(14-6-4-5-7-14)24-26(20)18-10-11-22-25(18)2;/h10-11,14-17H,3-9,12-13,21H2,1-2H3;1H/t15-,16+,17+;/m0./s1. The summed E-state index contributed by atoms with van der Waals surface area (Å²) in [5.41, 5.74) is 6.48. The first-order chi connectivity index (χ1) is 13.2. The molecule has 2 N–H and O–H groups in total. The first-order valence-corrected chi connectivity index (χ1v) is 10.5. The van der Waals surface area contributed by atoms with Crippen molar-refractivity contribution in [2.45, 2.75) is 82.3 Å². The van der Waals surface area contributed by atoms with Crippen LogP contribution in [-0.2, 0) is 11.8 Å². The Balaban J connectivity index is 0.00000225. The minimum Gasteiger partial charge on any atom is -0.377 e. The van der Waals surface area contributed by atoms with Gasteiger partial charge in [0, 0.05) is 37.6 Å². The molecule has 0 amide bonds. The lowest BCUT2D eigenvalue weighted by molar-refractivity contribution is 0.0108. The second-order valence-corrected chi connectivity index (χ2v) is 8.12. The predicted octanol–water partition coefficient (Wildman–Crippen LogP) is 3.47. The molecule has 2 heterocycles. The van der Waals surface area contributed by atoms with Gasteiger partial charge in [0.15, 0.2) is 11.6 Å². The number of ether oxygens (including phenoxy) is 1. The van der Waals surface area contributed by atoms with E-state index < -0.39 is 0 Å². The molecule has 0 saturated heterocycles. The molecule has 28 heavy (non-hydrogen) atoms. The Morgan fingerprint density at radius 3 is 2.61 bits per heavy atom. The molecule has 2 aromatic heterocycles. The molecule has 0 aliphatic heterocycles. The predicted molar refractivity (Wildman–Crippen MR) is 111 cm³/mol. The fourth-order valence-corrected chi connectivity index (χ4v) is 4.59. The Kier molecular flexibility index (Phi) is 7.12. The Labute approximate surface area is 173 Å². The van der Waals surface area contributed by atoms with Gasteiger partial charge in [0.25, 0.3) is 0 Å². The maximum atomic E-state index is 6.48. The minimum absolute atomic E-state index is 0. The third kappa shape index (κ3) is 4.26. The lowest BCUT2D eigenvalue weighted by Gasteiger charge is -2.33. The first-order valence-electron chi connectivity index (χ1n) is 10.5. The molecule has 0 bridgehead atoms. The summed E-state index contributed by atoms with van der Waals surface area (Å²) in [7, 11) is 1.96. The number of aromatic nitrogens is 5. The van der Waals surface area contributed by atoms with Gasteiger partial charge in [-0.1, -0.05) is 19.8 Å². The van der Waals surface area contributed by atoms with Gasteiger partial charge in [0.05, 0.1) is 12.3 Å². The summed E-state index contributed by atoms with van der Waals surface area (Å²) in [5, 5.41) is 9.27. The van der Waals surface area contributed by atoms with Crippen LogP contribution in [0.5, 0.6) is 0 Å². The molecule has 8 heteroatoms. The molecular formula is C20H33ClN6O. The van der Waals surface area contributed by atoms with Gasteiger partial charge in [0.1, 0.15) is 5.82 Å². The minimum atomic E-state index is 0. The number of nitrogens with two attached hydrogens (primary N) is 1. The summed E-state index contributed by atoms with van der Waals surface area (Å²) in [6.45, 7) is 2.93. The van der Waals surface area contributed by atoms with E-state index >= 15 is 0 Å². The number of aryl methyl sites for hydroxylation is 1. The molecule has 7 nitrogen and oxygen atoms in total. The zero-order chi connectivity index (χ0) is 18.8. The zero-order valence-electron chi connectivity index (χ0n) is 17.0. The average molecular weight is 409 g/mol. The smallest absolute Gasteiger partial charge is 0.154 e. The number of halogens is 1. The number of hydrogen-bond acceptors (Lipinski definition) is 5. The third-order valence-electron chi connectivity index (χ3n) is 6.12. The largest absolute Gasteiger partial charge is 0.377 e. The molecule has 3 atom stereocenters. The van der Waals surface area contributed by atoms with Crippen LogP contribution in [0.1, 0.15) is 81.8 Å². The van der Waals surface area contributed by atoms with Crippen LogP contribution in [0.25, 0.3) is 5.82 Å². The van der Waals surface area contributed by atoms with Gasteiger partial charge < -0.3 is 10.5 Å². The number of hydrogen-bond donors (Lipinski definition) is 1. The third-order valence-corrected chi connectivity index (χ3v) is 6.12. The van der Waals surface area contributed by atoms with Crippen molar-refractivity contribution in [3.8, 4) is 5.82 Å². The van der Waals surface area contributed by atoms with Gasteiger partial charge in [-0.25, -0.2) is 4.98 Å². The Morgan fingerprint density at radius 2 is 1.96 bits per heavy atom. The van der Waals surface area contributed by atoms with Crippen molar-refractivity contribution in [2.75, 3.05) is 6.61 Å². The molecule has 2 aliphatic carbocycles. The molecule has 0 radical (unpaired) electrons. The maximum absolute atomic E-state index is 6.48. The van der Waals surface area contributed by atoms with E-state index in [0.29, 0.717) is 11.8 Å². The highest BCUT2D eigenvalue weighted by molar-refractivity contribution is 5.85. The molecule has 156 valence electrons. The monoisotopic (exact) mass is 408 g/mol. The van der Waals surface area contributed by atoms with Crippen LogP contribution in [0.2, 0.25) is 0 Å². The van der Waals surface area contributed by atoms with Crippen LogP contribution in [0.15, 0.2) is 12.3 Å². The lowest BCUT2D eigenvalue weighted by atomic mass is 9.83. The maximum Gasteiger partial charge on any atom is 0.154 e. The van der Waals surface area contributed by atoms with Gasteiger partial charge in [-0.05, 0) is 38.5 Å². The van der Waals surface area contributed by atoms with Gasteiger partial charge in [-0.3, -0.25) is 4.68 Å².